The number of pyridine rings is 1. The van der Waals surface area contributed by atoms with E-state index in [1.165, 1.54) is 11.3 Å². The molecule has 0 aliphatic rings. The minimum atomic E-state index is 1.04. The second kappa shape index (κ2) is 7.04. The number of hydrogen-bond donors (Lipinski definition) is 0. The molecule has 0 aliphatic heterocycles. The molecule has 2 aromatic rings. The van der Waals surface area contributed by atoms with Crippen LogP contribution in [0, 0.1) is 20.8 Å². The lowest BCUT2D eigenvalue weighted by Crippen LogP contribution is -1.87. The molecule has 0 radical (unpaired) electrons. The van der Waals surface area contributed by atoms with Gasteiger partial charge in [0.2, 0.25) is 0 Å². The van der Waals surface area contributed by atoms with Gasteiger partial charge in [0.25, 0.3) is 0 Å². The molecular weight excluding hydrogens is 196 g/mol. The number of aromatic nitrogens is 2. The summed E-state index contributed by atoms with van der Waals surface area (Å²) in [6, 6.07) is 4.14. The van der Waals surface area contributed by atoms with Gasteiger partial charge in [-0.3, -0.25) is 0 Å². The Kier molecular flexibility index (Phi) is 6.47. The van der Waals surface area contributed by atoms with Crippen LogP contribution in [0.2, 0.25) is 0 Å². The van der Waals surface area contributed by atoms with Crippen molar-refractivity contribution in [3.05, 3.63) is 35.3 Å². The summed E-state index contributed by atoms with van der Waals surface area (Å²) in [5, 5.41) is 0. The molecule has 90 valence electrons. The number of aryl methyl sites for hydroxylation is 3. The van der Waals surface area contributed by atoms with Crippen LogP contribution < -0.4 is 0 Å². The molecule has 0 aromatic carbocycles. The molecular formula is C14H24N2. The maximum absolute atomic E-state index is 4.42. The zero-order chi connectivity index (χ0) is 12.7. The highest BCUT2D eigenvalue weighted by Gasteiger charge is 2.02. The Labute approximate surface area is 99.3 Å². The maximum Gasteiger partial charge on any atom is 0.137 e. The minimum absolute atomic E-state index is 1.04. The van der Waals surface area contributed by atoms with E-state index in [4.69, 9.17) is 0 Å². The predicted molar refractivity (Wildman–Crippen MR) is 72.1 cm³/mol. The number of imidazole rings is 1. The Morgan fingerprint density at radius 2 is 1.50 bits per heavy atom. The molecule has 0 saturated carbocycles. The molecule has 2 aromatic heterocycles. The van der Waals surface area contributed by atoms with E-state index in [-0.39, 0.29) is 0 Å². The summed E-state index contributed by atoms with van der Waals surface area (Å²) in [5.41, 5.74) is 4.65. The van der Waals surface area contributed by atoms with Crippen molar-refractivity contribution in [2.75, 3.05) is 0 Å². The maximum atomic E-state index is 4.42. The van der Waals surface area contributed by atoms with E-state index in [2.05, 4.69) is 41.6 Å². The second-order valence-corrected chi connectivity index (χ2v) is 3.22. The van der Waals surface area contributed by atoms with Gasteiger partial charge in [0.1, 0.15) is 5.65 Å². The van der Waals surface area contributed by atoms with Gasteiger partial charge >= 0.3 is 0 Å². The predicted octanol–water partition coefficient (Wildman–Crippen LogP) is 4.31. The molecule has 0 spiro atoms. The van der Waals surface area contributed by atoms with E-state index in [0.29, 0.717) is 0 Å². The average Bonchev–Trinajstić information content (AvgIpc) is 2.61. The van der Waals surface area contributed by atoms with Crippen LogP contribution in [0.1, 0.15) is 44.6 Å². The molecule has 0 fully saturated rings. The molecule has 0 bridgehead atoms. The van der Waals surface area contributed by atoms with Crippen LogP contribution >= 0.6 is 0 Å². The zero-order valence-corrected chi connectivity index (χ0v) is 11.6. The zero-order valence-electron chi connectivity index (χ0n) is 11.6. The van der Waals surface area contributed by atoms with Crippen molar-refractivity contribution in [2.45, 2.75) is 48.5 Å². The van der Waals surface area contributed by atoms with Gasteiger partial charge in [0.15, 0.2) is 0 Å². The van der Waals surface area contributed by atoms with Gasteiger partial charge in [0.05, 0.1) is 5.69 Å². The van der Waals surface area contributed by atoms with E-state index in [0.717, 1.165) is 11.3 Å². The minimum Gasteiger partial charge on any atom is -0.304 e. The first kappa shape index (κ1) is 14.7. The van der Waals surface area contributed by atoms with Gasteiger partial charge in [-0.25, -0.2) is 4.98 Å². The molecule has 0 aliphatic carbocycles. The van der Waals surface area contributed by atoms with Gasteiger partial charge in [-0.2, -0.15) is 0 Å². The van der Waals surface area contributed by atoms with Gasteiger partial charge in [-0.05, 0) is 32.4 Å². The van der Waals surface area contributed by atoms with Crippen LogP contribution in [0.5, 0.6) is 0 Å². The Morgan fingerprint density at radius 1 is 0.938 bits per heavy atom. The topological polar surface area (TPSA) is 17.3 Å². The third kappa shape index (κ3) is 3.09. The van der Waals surface area contributed by atoms with Crippen molar-refractivity contribution in [1.82, 2.24) is 9.38 Å². The average molecular weight is 220 g/mol. The Balaban J connectivity index is 0.000000509. The number of rotatable bonds is 0. The largest absolute Gasteiger partial charge is 0.304 e. The first-order chi connectivity index (χ1) is 7.68. The van der Waals surface area contributed by atoms with Crippen LogP contribution in [0.3, 0.4) is 0 Å². The van der Waals surface area contributed by atoms with E-state index in [1.807, 2.05) is 34.6 Å². The van der Waals surface area contributed by atoms with E-state index in [9.17, 15) is 0 Å². The molecule has 2 rings (SSSR count). The highest BCUT2D eigenvalue weighted by molar-refractivity contribution is 5.43. The molecule has 0 atom stereocenters. The SMILES string of the molecule is CC.CC.Cc1ccc2nc(C)c(C)n2c1. The fourth-order valence-corrected chi connectivity index (χ4v) is 1.39. The summed E-state index contributed by atoms with van der Waals surface area (Å²) in [6.45, 7) is 14.2. The molecule has 2 heterocycles. The van der Waals surface area contributed by atoms with Crippen molar-refractivity contribution < 1.29 is 0 Å². The summed E-state index contributed by atoms with van der Waals surface area (Å²) in [6.07, 6.45) is 2.12. The van der Waals surface area contributed by atoms with Crippen molar-refractivity contribution in [3.8, 4) is 0 Å². The van der Waals surface area contributed by atoms with E-state index >= 15 is 0 Å². The van der Waals surface area contributed by atoms with Gasteiger partial charge < -0.3 is 4.40 Å². The summed E-state index contributed by atoms with van der Waals surface area (Å²) in [7, 11) is 0. The Hall–Kier alpha value is -1.31. The lowest BCUT2D eigenvalue weighted by atomic mass is 10.3. The molecule has 0 amide bonds. The van der Waals surface area contributed by atoms with Crippen LogP contribution in [0.15, 0.2) is 18.3 Å². The second-order valence-electron chi connectivity index (χ2n) is 3.22. The fraction of sp³-hybridized carbons (Fsp3) is 0.500. The summed E-state index contributed by atoms with van der Waals surface area (Å²) in [4.78, 5) is 4.42. The number of hydrogen-bond acceptors (Lipinski definition) is 1. The summed E-state index contributed by atoms with van der Waals surface area (Å²) >= 11 is 0. The van der Waals surface area contributed by atoms with Gasteiger partial charge in [0, 0.05) is 11.9 Å². The molecule has 0 saturated heterocycles. The Bertz CT molecular complexity index is 427. The number of fused-ring (bicyclic) bond motifs is 1. The third-order valence-electron chi connectivity index (χ3n) is 2.24. The van der Waals surface area contributed by atoms with Gasteiger partial charge in [-0.15, -0.1) is 0 Å². The van der Waals surface area contributed by atoms with E-state index in [1.54, 1.807) is 0 Å². The standard InChI is InChI=1S/C10H12N2.2C2H6/c1-7-4-5-10-11-8(2)9(3)12(10)6-7;2*1-2/h4-6H,1-3H3;2*1-2H3. The molecule has 0 N–H and O–H groups in total. The Morgan fingerprint density at radius 3 is 2.06 bits per heavy atom. The highest BCUT2D eigenvalue weighted by Crippen LogP contribution is 2.11. The summed E-state index contributed by atoms with van der Waals surface area (Å²) in [5.74, 6) is 0. The first-order valence-corrected chi connectivity index (χ1v) is 6.10. The fourth-order valence-electron chi connectivity index (χ4n) is 1.39. The lowest BCUT2D eigenvalue weighted by molar-refractivity contribution is 1.08. The molecule has 0 unspecified atom stereocenters. The first-order valence-electron chi connectivity index (χ1n) is 6.10. The van der Waals surface area contributed by atoms with Crippen LogP contribution in [-0.2, 0) is 0 Å². The van der Waals surface area contributed by atoms with Crippen molar-refractivity contribution in [2.24, 2.45) is 0 Å². The van der Waals surface area contributed by atoms with Crippen LogP contribution in [-0.4, -0.2) is 9.38 Å². The quantitative estimate of drug-likeness (QED) is 0.646. The summed E-state index contributed by atoms with van der Waals surface area (Å²) < 4.78 is 2.13. The lowest BCUT2D eigenvalue weighted by Gasteiger charge is -1.97. The monoisotopic (exact) mass is 220 g/mol. The molecule has 2 heteroatoms. The van der Waals surface area contributed by atoms with Crippen LogP contribution in [0.25, 0.3) is 5.65 Å². The van der Waals surface area contributed by atoms with Crippen molar-refractivity contribution in [3.63, 3.8) is 0 Å². The molecule has 16 heavy (non-hydrogen) atoms. The number of nitrogens with zero attached hydrogens (tertiary/aromatic N) is 2. The van der Waals surface area contributed by atoms with Gasteiger partial charge in [-0.1, -0.05) is 33.8 Å². The van der Waals surface area contributed by atoms with Crippen LogP contribution in [0.4, 0.5) is 0 Å². The van der Waals surface area contributed by atoms with E-state index < -0.39 is 0 Å². The normalized spacial score (nSPS) is 8.94. The van der Waals surface area contributed by atoms with Crippen molar-refractivity contribution >= 4 is 5.65 Å². The smallest absolute Gasteiger partial charge is 0.137 e. The molecule has 2 nitrogen and oxygen atoms in total. The third-order valence-corrected chi connectivity index (χ3v) is 2.24. The van der Waals surface area contributed by atoms with Crippen molar-refractivity contribution in [1.29, 1.82) is 0 Å². The highest BCUT2D eigenvalue weighted by atomic mass is 15.0.